The molecule has 7 N–H and O–H groups in total. The van der Waals surface area contributed by atoms with Gasteiger partial charge in [-0.25, -0.2) is 9.78 Å². The Morgan fingerprint density at radius 3 is 2.66 bits per heavy atom. The lowest BCUT2D eigenvalue weighted by molar-refractivity contribution is -0.856. The molecule has 14 nitrogen and oxygen atoms in total. The number of rotatable bonds is 12. The molecule has 0 fully saturated rings. The number of fused-ring (bicyclic) bond motifs is 4. The largest absolute Gasteiger partial charge is 0.478 e. The minimum atomic E-state index is -2.31. The minimum Gasteiger partial charge on any atom is -0.478 e. The molecule has 266 valence electrons. The number of hydrogen-bond donors (Lipinski definition) is 7. The van der Waals surface area contributed by atoms with Gasteiger partial charge in [-0.3, -0.25) is 24.6 Å². The second kappa shape index (κ2) is 13.1. The Kier molecular flexibility index (Phi) is 9.03. The van der Waals surface area contributed by atoms with E-state index in [1.54, 1.807) is 31.5 Å². The van der Waals surface area contributed by atoms with Crippen LogP contribution in [0.2, 0.25) is 0 Å². The molecule has 5 aliphatic rings. The molecule has 0 aliphatic carbocycles. The summed E-state index contributed by atoms with van der Waals surface area (Å²) in [5, 5.41) is 54.1. The number of aryl methyl sites for hydroxylation is 1. The zero-order chi connectivity index (χ0) is 35.5. The van der Waals surface area contributed by atoms with Gasteiger partial charge in [0.2, 0.25) is 11.3 Å². The Bertz CT molecular complexity index is 1940. The molecule has 0 saturated heterocycles. The van der Waals surface area contributed by atoms with Crippen LogP contribution in [-0.4, -0.2) is 106 Å². The summed E-state index contributed by atoms with van der Waals surface area (Å²) in [7, 11) is 0. The number of benzene rings is 1. The van der Waals surface area contributed by atoms with Crippen molar-refractivity contribution in [1.29, 1.82) is 0 Å². The number of aliphatic hydroxyl groups excluding tert-OH is 4. The third-order valence-corrected chi connectivity index (χ3v) is 10.4. The first kappa shape index (κ1) is 34.6. The summed E-state index contributed by atoms with van der Waals surface area (Å²) >= 11 is 0. The molecule has 0 amide bonds. The van der Waals surface area contributed by atoms with Gasteiger partial charge in [-0.2, -0.15) is 0 Å². The fourth-order valence-corrected chi connectivity index (χ4v) is 7.61. The average molecular weight is 693 g/mol. The van der Waals surface area contributed by atoms with E-state index in [0.29, 0.717) is 45.2 Å². The number of nitrogens with zero attached hydrogens (tertiary/aromatic N) is 2. The van der Waals surface area contributed by atoms with Crippen molar-refractivity contribution in [2.45, 2.75) is 82.2 Å². The van der Waals surface area contributed by atoms with E-state index >= 15 is 0 Å². The maximum Gasteiger partial charge on any atom is 0.222 e. The molecule has 1 aromatic carbocycles. The van der Waals surface area contributed by atoms with E-state index in [1.807, 2.05) is 32.2 Å². The zero-order valence-electron chi connectivity index (χ0n) is 28.4. The van der Waals surface area contributed by atoms with Gasteiger partial charge in [0.1, 0.15) is 79.1 Å². The fourth-order valence-electron chi connectivity index (χ4n) is 7.61. The van der Waals surface area contributed by atoms with E-state index in [9.17, 15) is 30.3 Å². The predicted molar refractivity (Wildman–Crippen MR) is 181 cm³/mol. The third kappa shape index (κ3) is 5.80. The number of nitrogens with one attached hydrogen (secondary N) is 2. The summed E-state index contributed by atoms with van der Waals surface area (Å²) in [5.74, 6) is 1.06. The van der Waals surface area contributed by atoms with Crippen molar-refractivity contribution in [3.63, 3.8) is 0 Å². The third-order valence-electron chi connectivity index (χ3n) is 10.4. The molecule has 2 aromatic rings. The van der Waals surface area contributed by atoms with Crippen molar-refractivity contribution in [2.75, 3.05) is 26.3 Å². The van der Waals surface area contributed by atoms with Crippen LogP contribution in [0.5, 0.6) is 5.75 Å². The summed E-state index contributed by atoms with van der Waals surface area (Å²) in [6, 6.07) is 3.25. The van der Waals surface area contributed by atoms with Gasteiger partial charge in [-0.15, -0.1) is 0 Å². The Hall–Kier alpha value is -3.83. The van der Waals surface area contributed by atoms with E-state index in [4.69, 9.17) is 18.9 Å². The molecular formula is C36H44N4O10+2. The molecule has 1 aromatic heterocycles. The van der Waals surface area contributed by atoms with Crippen LogP contribution in [0.1, 0.15) is 38.5 Å². The molecule has 0 saturated carbocycles. The highest BCUT2D eigenvalue weighted by Crippen LogP contribution is 2.43. The van der Waals surface area contributed by atoms with Crippen LogP contribution in [0.3, 0.4) is 0 Å². The van der Waals surface area contributed by atoms with Gasteiger partial charge in [0.05, 0.1) is 12.0 Å². The lowest BCUT2D eigenvalue weighted by Gasteiger charge is -2.41. The monoisotopic (exact) mass is 692 g/mol. The maximum atomic E-state index is 13.3. The van der Waals surface area contributed by atoms with E-state index in [1.165, 1.54) is 6.07 Å². The summed E-state index contributed by atoms with van der Waals surface area (Å²) in [6.45, 7) is 6.33. The second-order valence-electron chi connectivity index (χ2n) is 14.1. The lowest BCUT2D eigenvalue weighted by atomic mass is 9.86. The first-order valence-electron chi connectivity index (χ1n) is 16.9. The zero-order valence-corrected chi connectivity index (χ0v) is 28.4. The van der Waals surface area contributed by atoms with Gasteiger partial charge in [0, 0.05) is 54.6 Å². The standard InChI is InChI=1S/C36H42N4O10/c1-5-25-21-6-9-38-24(21)15-40(25)31-32-20(13-22-27(42)12-19(2)48-33(22)31)14-30(35(3,4)49-32)50-47-17-29(44)36(46,34(45)28(43)16-41)18-39-11-8-23-26(39)7-10-37-23/h6-10,12-13,15,25,28-30,34,41,43-46H,5,11,14,16-18H2,1-4H3/p+2. The van der Waals surface area contributed by atoms with E-state index < -0.39 is 48.8 Å². The highest BCUT2D eigenvalue weighted by atomic mass is 17.2. The SMILES string of the molecule is CCC1C2=CC=NC2=C[NH+]1c1c2c(cc3c(=O)cc(C)oc13)CC(OOCC(O)C(O)(C[NH+]1CC=C3N=CC=C31)C(O)C(O)CO)C(C)(C)O2. The molecule has 14 heteroatoms. The van der Waals surface area contributed by atoms with Crippen molar-refractivity contribution in [2.24, 2.45) is 9.98 Å². The minimum absolute atomic E-state index is 0.0271. The summed E-state index contributed by atoms with van der Waals surface area (Å²) < 4.78 is 12.9. The van der Waals surface area contributed by atoms with Gasteiger partial charge >= 0.3 is 0 Å². The normalized spacial score (nSPS) is 27.5. The van der Waals surface area contributed by atoms with Crippen LogP contribution in [-0.2, 0) is 16.2 Å². The number of hydrogen-bond acceptors (Lipinski definition) is 12. The van der Waals surface area contributed by atoms with Crippen molar-refractivity contribution in [3.8, 4) is 5.75 Å². The van der Waals surface area contributed by atoms with Gasteiger partial charge in [0.25, 0.3) is 0 Å². The van der Waals surface area contributed by atoms with E-state index in [2.05, 4.69) is 16.9 Å². The highest BCUT2D eigenvalue weighted by Gasteiger charge is 2.51. The van der Waals surface area contributed by atoms with Crippen LogP contribution in [0.4, 0.5) is 5.69 Å². The number of allylic oxidation sites excluding steroid dienone is 2. The molecule has 0 spiro atoms. The van der Waals surface area contributed by atoms with Crippen molar-refractivity contribution in [1.82, 2.24) is 0 Å². The second-order valence-corrected chi connectivity index (χ2v) is 14.1. The van der Waals surface area contributed by atoms with Crippen LogP contribution in [0.15, 0.2) is 78.4 Å². The smallest absolute Gasteiger partial charge is 0.222 e. The fraction of sp³-hybridized carbons (Fsp3) is 0.472. The first-order chi connectivity index (χ1) is 23.9. The molecule has 6 heterocycles. The summed E-state index contributed by atoms with van der Waals surface area (Å²) in [6.07, 6.45) is 6.07. The Labute approximate surface area is 288 Å². The number of quaternary nitrogens is 2. The molecule has 7 rings (SSSR count). The maximum absolute atomic E-state index is 13.3. The Morgan fingerprint density at radius 1 is 1.14 bits per heavy atom. The predicted octanol–water partition coefficient (Wildman–Crippen LogP) is -1.15. The van der Waals surface area contributed by atoms with Gasteiger partial charge in [-0.05, 0) is 32.9 Å². The topological polar surface area (TPSA) is 193 Å². The number of ether oxygens (including phenoxy) is 1. The van der Waals surface area contributed by atoms with E-state index in [-0.39, 0.29) is 24.4 Å². The highest BCUT2D eigenvalue weighted by molar-refractivity contribution is 5.90. The molecule has 50 heavy (non-hydrogen) atoms. The quantitative estimate of drug-likeness (QED) is 0.106. The Balaban J connectivity index is 1.15. The van der Waals surface area contributed by atoms with Crippen LogP contribution < -0.4 is 20.0 Å². The molecule has 5 aliphatic heterocycles. The molecule has 8 atom stereocenters. The lowest BCUT2D eigenvalue weighted by Crippen LogP contribution is -3.11. The van der Waals surface area contributed by atoms with Crippen LogP contribution in [0.25, 0.3) is 11.0 Å². The Morgan fingerprint density at radius 2 is 1.90 bits per heavy atom. The molecule has 0 radical (unpaired) electrons. The van der Waals surface area contributed by atoms with Crippen molar-refractivity contribution < 1.29 is 54.3 Å². The van der Waals surface area contributed by atoms with Crippen LogP contribution in [0, 0.1) is 6.92 Å². The van der Waals surface area contributed by atoms with Gasteiger partial charge < -0.3 is 34.7 Å². The van der Waals surface area contributed by atoms with Crippen LogP contribution >= 0.6 is 0 Å². The summed E-state index contributed by atoms with van der Waals surface area (Å²) in [4.78, 5) is 35.2. The average Bonchev–Trinajstić information content (AvgIpc) is 3.87. The molecule has 0 bridgehead atoms. The first-order valence-corrected chi connectivity index (χ1v) is 16.9. The number of aliphatic imine (C=N–C) groups is 2. The van der Waals surface area contributed by atoms with Crippen molar-refractivity contribution >= 4 is 29.1 Å². The van der Waals surface area contributed by atoms with E-state index in [0.717, 1.165) is 34.0 Å². The summed E-state index contributed by atoms with van der Waals surface area (Å²) in [5.41, 5.74) is 1.89. The molecular weight excluding hydrogens is 648 g/mol. The van der Waals surface area contributed by atoms with Gasteiger partial charge in [0.15, 0.2) is 22.5 Å². The molecule has 8 unspecified atom stereocenters. The number of aliphatic hydroxyl groups is 5. The van der Waals surface area contributed by atoms with Crippen molar-refractivity contribution in [3.05, 3.63) is 80.8 Å². The van der Waals surface area contributed by atoms with Gasteiger partial charge in [-0.1, -0.05) is 6.92 Å².